The third-order valence-corrected chi connectivity index (χ3v) is 3.52. The average Bonchev–Trinajstić information content (AvgIpc) is 3.08. The molecule has 16 heavy (non-hydrogen) atoms. The van der Waals surface area contributed by atoms with Crippen molar-refractivity contribution in [1.29, 1.82) is 0 Å². The van der Waals surface area contributed by atoms with Gasteiger partial charge in [0.05, 0.1) is 7.11 Å². The summed E-state index contributed by atoms with van der Waals surface area (Å²) in [5.41, 5.74) is 1.23. The van der Waals surface area contributed by atoms with Gasteiger partial charge in [-0.3, -0.25) is 9.63 Å². The lowest BCUT2D eigenvalue weighted by molar-refractivity contribution is -0.170. The molecule has 1 aliphatic carbocycles. The van der Waals surface area contributed by atoms with E-state index in [1.165, 1.54) is 17.7 Å². The smallest absolute Gasteiger partial charge is 0.249 e. The Balaban J connectivity index is 2.01. The van der Waals surface area contributed by atoms with Crippen LogP contribution in [0.3, 0.4) is 0 Å². The minimum Gasteiger partial charge on any atom is -0.275 e. The molecule has 0 radical (unpaired) electrons. The summed E-state index contributed by atoms with van der Waals surface area (Å²) in [5.74, 6) is 0.514. The van der Waals surface area contributed by atoms with Crippen molar-refractivity contribution in [2.75, 3.05) is 14.2 Å². The summed E-state index contributed by atoms with van der Waals surface area (Å²) >= 11 is 3.40. The maximum Gasteiger partial charge on any atom is 0.249 e. The van der Waals surface area contributed by atoms with E-state index in [1.807, 2.05) is 12.1 Å². The van der Waals surface area contributed by atoms with E-state index in [0.717, 1.165) is 10.9 Å². The van der Waals surface area contributed by atoms with Crippen LogP contribution in [0.15, 0.2) is 28.7 Å². The van der Waals surface area contributed by atoms with Crippen LogP contribution in [-0.4, -0.2) is 25.1 Å². The van der Waals surface area contributed by atoms with Crippen LogP contribution in [0, 0.1) is 5.92 Å². The topological polar surface area (TPSA) is 29.5 Å². The van der Waals surface area contributed by atoms with Crippen LogP contribution < -0.4 is 0 Å². The predicted octanol–water partition coefficient (Wildman–Crippen LogP) is 2.57. The first-order valence-electron chi connectivity index (χ1n) is 5.20. The Labute approximate surface area is 103 Å². The fraction of sp³-hybridized carbons (Fsp3) is 0.417. The molecule has 0 N–H and O–H groups in total. The molecule has 1 aromatic rings. The molecular weight excluding hydrogens is 270 g/mol. The minimum atomic E-state index is 0.0652. The molecule has 0 aromatic heterocycles. The van der Waals surface area contributed by atoms with Crippen LogP contribution in [0.25, 0.3) is 0 Å². The molecule has 3 nitrogen and oxygen atoms in total. The van der Waals surface area contributed by atoms with E-state index in [2.05, 4.69) is 28.1 Å². The first-order valence-corrected chi connectivity index (χ1v) is 6.00. The third-order valence-electron chi connectivity index (χ3n) is 2.99. The van der Waals surface area contributed by atoms with Crippen LogP contribution in [0.1, 0.15) is 17.9 Å². The molecule has 2 rings (SSSR count). The fourth-order valence-electron chi connectivity index (χ4n) is 1.87. The van der Waals surface area contributed by atoms with Gasteiger partial charge in [0.2, 0.25) is 5.91 Å². The number of carbonyl (C=O) groups excluding carboxylic acids is 1. The van der Waals surface area contributed by atoms with Crippen molar-refractivity contribution < 1.29 is 9.63 Å². The molecule has 86 valence electrons. The van der Waals surface area contributed by atoms with E-state index >= 15 is 0 Å². The number of hydroxylamine groups is 2. The molecule has 1 amide bonds. The number of hydrogen-bond donors (Lipinski definition) is 0. The zero-order chi connectivity index (χ0) is 11.7. The molecule has 0 spiro atoms. The van der Waals surface area contributed by atoms with Gasteiger partial charge in [-0.05, 0) is 30.0 Å². The van der Waals surface area contributed by atoms with Gasteiger partial charge in [-0.2, -0.15) is 0 Å². The molecule has 1 saturated carbocycles. The van der Waals surface area contributed by atoms with E-state index in [1.54, 1.807) is 7.05 Å². The number of hydrogen-bond acceptors (Lipinski definition) is 2. The Bertz CT molecular complexity index is 391. The van der Waals surface area contributed by atoms with Crippen molar-refractivity contribution in [1.82, 2.24) is 5.06 Å². The summed E-state index contributed by atoms with van der Waals surface area (Å²) in [5, 5.41) is 1.31. The van der Waals surface area contributed by atoms with E-state index in [-0.39, 0.29) is 11.8 Å². The van der Waals surface area contributed by atoms with Crippen molar-refractivity contribution in [2.24, 2.45) is 5.92 Å². The summed E-state index contributed by atoms with van der Waals surface area (Å²) in [7, 11) is 3.16. The third kappa shape index (κ3) is 2.28. The standard InChI is InChI=1S/C12H14BrNO2/c1-14(16-2)12(15)11-7-10(11)8-3-5-9(13)6-4-8/h3-6,10-11H,7H2,1-2H3/t10-,11-/m0/s1. The maximum atomic E-state index is 11.8. The van der Waals surface area contributed by atoms with Crippen LogP contribution in [0.5, 0.6) is 0 Å². The first kappa shape index (κ1) is 11.6. The maximum absolute atomic E-state index is 11.8. The summed E-state index contributed by atoms with van der Waals surface area (Å²) in [6.45, 7) is 0. The molecule has 0 bridgehead atoms. The molecule has 0 saturated heterocycles. The normalized spacial score (nSPS) is 22.9. The van der Waals surface area contributed by atoms with Crippen molar-refractivity contribution in [3.63, 3.8) is 0 Å². The molecule has 0 aliphatic heterocycles. The van der Waals surface area contributed by atoms with Gasteiger partial charge in [0.25, 0.3) is 0 Å². The second-order valence-electron chi connectivity index (χ2n) is 4.02. The highest BCUT2D eigenvalue weighted by Crippen LogP contribution is 2.48. The number of carbonyl (C=O) groups is 1. The van der Waals surface area contributed by atoms with Crippen molar-refractivity contribution in [3.8, 4) is 0 Å². The van der Waals surface area contributed by atoms with Crippen LogP contribution in [0.4, 0.5) is 0 Å². The van der Waals surface area contributed by atoms with Crippen molar-refractivity contribution >= 4 is 21.8 Å². The monoisotopic (exact) mass is 283 g/mol. The zero-order valence-electron chi connectivity index (χ0n) is 9.31. The molecule has 1 aromatic carbocycles. The SMILES string of the molecule is CON(C)C(=O)[C@H]1C[C@H]1c1ccc(Br)cc1. The lowest BCUT2D eigenvalue weighted by Crippen LogP contribution is -2.27. The number of halogens is 1. The summed E-state index contributed by atoms with van der Waals surface area (Å²) in [6, 6.07) is 8.15. The van der Waals surface area contributed by atoms with Gasteiger partial charge in [-0.15, -0.1) is 0 Å². The van der Waals surface area contributed by atoms with Gasteiger partial charge in [-0.25, -0.2) is 5.06 Å². The molecule has 1 fully saturated rings. The predicted molar refractivity (Wildman–Crippen MR) is 64.8 cm³/mol. The van der Waals surface area contributed by atoms with Crippen LogP contribution in [-0.2, 0) is 9.63 Å². The molecule has 1 aliphatic rings. The van der Waals surface area contributed by atoms with Crippen LogP contribution in [0.2, 0.25) is 0 Å². The summed E-state index contributed by atoms with van der Waals surface area (Å²) in [6.07, 6.45) is 0.925. The van der Waals surface area contributed by atoms with Gasteiger partial charge in [0, 0.05) is 17.4 Å². The van der Waals surface area contributed by atoms with Gasteiger partial charge in [0.1, 0.15) is 0 Å². The van der Waals surface area contributed by atoms with Gasteiger partial charge in [-0.1, -0.05) is 28.1 Å². The average molecular weight is 284 g/mol. The second-order valence-corrected chi connectivity index (χ2v) is 4.93. The quantitative estimate of drug-likeness (QED) is 0.798. The fourth-order valence-corrected chi connectivity index (χ4v) is 2.13. The molecule has 4 heteroatoms. The highest BCUT2D eigenvalue weighted by atomic mass is 79.9. The Kier molecular flexibility index (Phi) is 3.30. The highest BCUT2D eigenvalue weighted by molar-refractivity contribution is 9.10. The Morgan fingerprint density at radius 1 is 1.44 bits per heavy atom. The summed E-state index contributed by atoms with van der Waals surface area (Å²) in [4.78, 5) is 16.7. The Hall–Kier alpha value is -0.870. The van der Waals surface area contributed by atoms with E-state index in [0.29, 0.717) is 5.92 Å². The number of amides is 1. The number of rotatable bonds is 3. The van der Waals surface area contributed by atoms with E-state index in [9.17, 15) is 4.79 Å². The van der Waals surface area contributed by atoms with E-state index < -0.39 is 0 Å². The van der Waals surface area contributed by atoms with E-state index in [4.69, 9.17) is 4.84 Å². The van der Waals surface area contributed by atoms with Gasteiger partial charge < -0.3 is 0 Å². The summed E-state index contributed by atoms with van der Waals surface area (Å²) < 4.78 is 1.06. The molecule has 0 unspecified atom stereocenters. The van der Waals surface area contributed by atoms with Crippen molar-refractivity contribution in [2.45, 2.75) is 12.3 Å². The largest absolute Gasteiger partial charge is 0.275 e. The zero-order valence-corrected chi connectivity index (χ0v) is 10.9. The lowest BCUT2D eigenvalue weighted by atomic mass is 10.1. The molecule has 0 heterocycles. The van der Waals surface area contributed by atoms with Gasteiger partial charge in [0.15, 0.2) is 0 Å². The number of benzene rings is 1. The molecular formula is C12H14BrNO2. The van der Waals surface area contributed by atoms with Crippen molar-refractivity contribution in [3.05, 3.63) is 34.3 Å². The lowest BCUT2D eigenvalue weighted by Gasteiger charge is -2.13. The highest BCUT2D eigenvalue weighted by Gasteiger charge is 2.45. The Morgan fingerprint density at radius 3 is 2.62 bits per heavy atom. The number of nitrogens with zero attached hydrogens (tertiary/aromatic N) is 1. The minimum absolute atomic E-state index is 0.0652. The van der Waals surface area contributed by atoms with Crippen LogP contribution >= 0.6 is 15.9 Å². The second kappa shape index (κ2) is 4.55. The Morgan fingerprint density at radius 2 is 2.06 bits per heavy atom. The first-order chi connectivity index (χ1) is 7.63. The van der Waals surface area contributed by atoms with Gasteiger partial charge >= 0.3 is 0 Å². The molecule has 2 atom stereocenters.